The maximum absolute atomic E-state index is 10.5. The lowest BCUT2D eigenvalue weighted by atomic mass is 10.9. The van der Waals surface area contributed by atoms with Crippen molar-refractivity contribution in [3.8, 4) is 0 Å². The largest absolute Gasteiger partial charge is 0.301 e. The van der Waals surface area contributed by atoms with Gasteiger partial charge < -0.3 is 0 Å². The minimum Gasteiger partial charge on any atom is -0.260 e. The van der Waals surface area contributed by atoms with Gasteiger partial charge in [0.25, 0.3) is 3.92 Å². The number of hydrogen-bond donors (Lipinski definition) is 0. The monoisotopic (exact) mass is 219 g/mol. The van der Waals surface area contributed by atoms with Gasteiger partial charge in [-0.05, 0) is 0 Å². The molecular weight excluding hydrogens is 220 g/mol. The number of alkyl halides is 3. The van der Waals surface area contributed by atoms with Gasteiger partial charge in [-0.15, -0.1) is 0 Å². The van der Waals surface area contributed by atoms with E-state index in [4.69, 9.17) is 34.8 Å². The van der Waals surface area contributed by atoms with Crippen LogP contribution in [0.4, 0.5) is 9.59 Å². The van der Waals surface area contributed by atoms with Gasteiger partial charge in [-0.1, -0.05) is 34.8 Å². The van der Waals surface area contributed by atoms with E-state index in [0.717, 1.165) is 0 Å². The van der Waals surface area contributed by atoms with Gasteiger partial charge in [0.1, 0.15) is 0 Å². The molecule has 0 aliphatic carbocycles. The minimum atomic E-state index is -1.93. The zero-order valence-electron chi connectivity index (χ0n) is 4.31. The SMILES string of the molecule is O=C1SC(=O)N1C(Cl)(Cl)Cl. The lowest BCUT2D eigenvalue weighted by Gasteiger charge is -2.32. The second-order valence-electron chi connectivity index (χ2n) is 1.44. The first-order valence-electron chi connectivity index (χ1n) is 2.05. The van der Waals surface area contributed by atoms with Gasteiger partial charge in [-0.2, -0.15) is 0 Å². The number of carbonyl (C=O) groups excluding carboxylic acids is 2. The highest BCUT2D eigenvalue weighted by Gasteiger charge is 2.48. The van der Waals surface area contributed by atoms with E-state index < -0.39 is 14.4 Å². The van der Waals surface area contributed by atoms with Crippen LogP contribution in [0, 0.1) is 0 Å². The van der Waals surface area contributed by atoms with Gasteiger partial charge in [0.15, 0.2) is 0 Å². The lowest BCUT2D eigenvalue weighted by Crippen LogP contribution is -2.49. The Kier molecular flexibility index (Phi) is 2.07. The summed E-state index contributed by atoms with van der Waals surface area (Å²) in [6, 6.07) is 0. The molecule has 0 aromatic heterocycles. The third-order valence-electron chi connectivity index (χ3n) is 0.793. The van der Waals surface area contributed by atoms with Crippen molar-refractivity contribution in [3.05, 3.63) is 0 Å². The molecule has 0 saturated carbocycles. The second kappa shape index (κ2) is 2.44. The Morgan fingerprint density at radius 1 is 1.20 bits per heavy atom. The Balaban J connectivity index is 2.73. The first-order chi connectivity index (χ1) is 4.43. The smallest absolute Gasteiger partial charge is 0.260 e. The summed E-state index contributed by atoms with van der Waals surface area (Å²) in [6.45, 7) is 0. The molecule has 0 bridgehead atoms. The van der Waals surface area contributed by atoms with E-state index in [1.807, 2.05) is 0 Å². The number of rotatable bonds is 0. The van der Waals surface area contributed by atoms with Crippen molar-refractivity contribution in [2.75, 3.05) is 0 Å². The molecule has 1 aliphatic heterocycles. The van der Waals surface area contributed by atoms with Crippen LogP contribution >= 0.6 is 46.6 Å². The molecule has 1 aliphatic rings. The first-order valence-corrected chi connectivity index (χ1v) is 4.00. The molecule has 1 rings (SSSR count). The molecule has 0 atom stereocenters. The summed E-state index contributed by atoms with van der Waals surface area (Å²) in [5, 5.41) is -1.07. The normalized spacial score (nSPS) is 19.3. The van der Waals surface area contributed by atoms with Crippen molar-refractivity contribution in [3.63, 3.8) is 0 Å². The fourth-order valence-electron chi connectivity index (χ4n) is 0.408. The lowest BCUT2D eigenvalue weighted by molar-refractivity contribution is 0.209. The molecule has 56 valence electrons. The summed E-state index contributed by atoms with van der Waals surface area (Å²) in [7, 11) is 0. The Morgan fingerprint density at radius 3 is 1.70 bits per heavy atom. The Morgan fingerprint density at radius 2 is 1.60 bits per heavy atom. The first kappa shape index (κ1) is 8.46. The van der Waals surface area contributed by atoms with E-state index >= 15 is 0 Å². The topological polar surface area (TPSA) is 37.4 Å². The summed E-state index contributed by atoms with van der Waals surface area (Å²) >= 11 is 16.2. The quantitative estimate of drug-likeness (QED) is 0.465. The average Bonchev–Trinajstić information content (AvgIpc) is 1.58. The number of nitrogens with zero attached hydrogens (tertiary/aromatic N) is 1. The fourth-order valence-corrected chi connectivity index (χ4v) is 1.81. The molecule has 0 radical (unpaired) electrons. The fraction of sp³-hybridized carbons (Fsp3) is 0.333. The highest BCUT2D eigenvalue weighted by atomic mass is 35.6. The molecule has 1 fully saturated rings. The number of halogens is 3. The maximum atomic E-state index is 10.5. The van der Waals surface area contributed by atoms with E-state index in [9.17, 15) is 9.59 Å². The van der Waals surface area contributed by atoms with Gasteiger partial charge in [0, 0.05) is 11.8 Å². The number of hydrogen-bond acceptors (Lipinski definition) is 3. The van der Waals surface area contributed by atoms with Gasteiger partial charge in [0.05, 0.1) is 0 Å². The van der Waals surface area contributed by atoms with E-state index in [1.165, 1.54) is 0 Å². The van der Waals surface area contributed by atoms with Crippen molar-refractivity contribution in [1.29, 1.82) is 0 Å². The predicted octanol–water partition coefficient (Wildman–Crippen LogP) is 2.60. The highest BCUT2D eigenvalue weighted by Crippen LogP contribution is 2.41. The summed E-state index contributed by atoms with van der Waals surface area (Å²) in [5.41, 5.74) is 0. The Bertz CT molecular complexity index is 186. The zero-order chi connectivity index (χ0) is 7.94. The number of thioether (sulfide) groups is 1. The van der Waals surface area contributed by atoms with Gasteiger partial charge in [-0.25, -0.2) is 4.90 Å². The molecular formula is C3Cl3NO2S. The van der Waals surface area contributed by atoms with Crippen LogP contribution in [-0.4, -0.2) is 19.3 Å². The van der Waals surface area contributed by atoms with Crippen LogP contribution in [0.3, 0.4) is 0 Å². The molecule has 2 amide bonds. The van der Waals surface area contributed by atoms with Crippen molar-refractivity contribution >= 4 is 57.0 Å². The van der Waals surface area contributed by atoms with Crippen LogP contribution in [0.25, 0.3) is 0 Å². The van der Waals surface area contributed by atoms with Crippen molar-refractivity contribution < 1.29 is 9.59 Å². The number of amides is 2. The molecule has 1 heterocycles. The van der Waals surface area contributed by atoms with E-state index in [0.29, 0.717) is 16.7 Å². The third-order valence-corrected chi connectivity index (χ3v) is 2.01. The molecule has 0 aromatic carbocycles. The van der Waals surface area contributed by atoms with Crippen LogP contribution < -0.4 is 0 Å². The highest BCUT2D eigenvalue weighted by molar-refractivity contribution is 8.28. The molecule has 3 nitrogen and oxygen atoms in total. The number of imide groups is 1. The van der Waals surface area contributed by atoms with Crippen molar-refractivity contribution in [2.45, 2.75) is 3.92 Å². The van der Waals surface area contributed by atoms with E-state index in [2.05, 4.69) is 0 Å². The van der Waals surface area contributed by atoms with E-state index in [-0.39, 0.29) is 0 Å². The summed E-state index contributed by atoms with van der Waals surface area (Å²) in [4.78, 5) is 21.6. The van der Waals surface area contributed by atoms with Gasteiger partial charge >= 0.3 is 10.5 Å². The summed E-state index contributed by atoms with van der Waals surface area (Å²) in [6.07, 6.45) is 0. The van der Waals surface area contributed by atoms with Crippen LogP contribution in [0.5, 0.6) is 0 Å². The molecule has 0 unspecified atom stereocenters. The van der Waals surface area contributed by atoms with Gasteiger partial charge in [0.2, 0.25) is 0 Å². The summed E-state index contributed by atoms with van der Waals surface area (Å²) < 4.78 is -1.93. The second-order valence-corrected chi connectivity index (χ2v) is 4.56. The Hall–Kier alpha value is 0.360. The van der Waals surface area contributed by atoms with Crippen LogP contribution in [0.2, 0.25) is 0 Å². The van der Waals surface area contributed by atoms with Crippen LogP contribution in [0.1, 0.15) is 0 Å². The van der Waals surface area contributed by atoms with Gasteiger partial charge in [-0.3, -0.25) is 9.59 Å². The standard InChI is InChI=1S/C3Cl3NO2S/c4-3(5,6)7-1(8)10-2(7)9. The van der Waals surface area contributed by atoms with Crippen LogP contribution in [-0.2, 0) is 0 Å². The zero-order valence-corrected chi connectivity index (χ0v) is 7.39. The third kappa shape index (κ3) is 1.34. The molecule has 0 N–H and O–H groups in total. The molecule has 10 heavy (non-hydrogen) atoms. The summed E-state index contributed by atoms with van der Waals surface area (Å²) in [5.74, 6) is 0. The number of carbonyl (C=O) groups is 2. The molecule has 0 spiro atoms. The van der Waals surface area contributed by atoms with E-state index in [1.54, 1.807) is 0 Å². The van der Waals surface area contributed by atoms with Crippen LogP contribution in [0.15, 0.2) is 0 Å². The maximum Gasteiger partial charge on any atom is 0.301 e. The average molecular weight is 220 g/mol. The minimum absolute atomic E-state index is 0.513. The van der Waals surface area contributed by atoms with Crippen molar-refractivity contribution in [1.82, 2.24) is 4.90 Å². The predicted molar refractivity (Wildman–Crippen MR) is 40.5 cm³/mol. The Labute approximate surface area is 75.6 Å². The molecule has 0 aromatic rings. The molecule has 1 saturated heterocycles. The molecule has 7 heteroatoms. The van der Waals surface area contributed by atoms with Crippen molar-refractivity contribution in [2.24, 2.45) is 0 Å².